The highest BCUT2D eigenvalue weighted by atomic mass is 19.1. The molecule has 0 aromatic carbocycles. The maximum absolute atomic E-state index is 13.3. The number of rotatable bonds is 5. The van der Waals surface area contributed by atoms with Gasteiger partial charge in [-0.15, -0.1) is 0 Å². The van der Waals surface area contributed by atoms with Gasteiger partial charge in [-0.05, 0) is 7.05 Å². The average Bonchev–Trinajstić information content (AvgIpc) is 2.29. The first kappa shape index (κ1) is 12.4. The Hall–Kier alpha value is -1.69. The van der Waals surface area contributed by atoms with E-state index in [1.165, 1.54) is 13.3 Å². The topological polar surface area (TPSA) is 60.5 Å². The number of carbonyl (C=O) groups excluding carboxylic acids is 1. The highest BCUT2D eigenvalue weighted by Gasteiger charge is 2.14. The third-order valence-corrected chi connectivity index (χ3v) is 1.82. The molecule has 1 aromatic rings. The number of halogens is 1. The molecule has 0 bridgehead atoms. The third-order valence-electron chi connectivity index (χ3n) is 1.82. The van der Waals surface area contributed by atoms with Crippen molar-refractivity contribution in [3.05, 3.63) is 23.8 Å². The van der Waals surface area contributed by atoms with Crippen molar-refractivity contribution in [3.63, 3.8) is 0 Å². The number of esters is 1. The number of hydrogen-bond acceptors (Lipinski definition) is 5. The monoisotopic (exact) mass is 228 g/mol. The van der Waals surface area contributed by atoms with Gasteiger partial charge in [0.15, 0.2) is 11.5 Å². The second kappa shape index (κ2) is 6.02. The number of likely N-dealkylation sites (N-methyl/N-ethyl adjacent to an activating group) is 1. The van der Waals surface area contributed by atoms with Crippen molar-refractivity contribution in [2.75, 3.05) is 27.3 Å². The molecule has 0 aliphatic carbocycles. The molecule has 0 unspecified atom stereocenters. The summed E-state index contributed by atoms with van der Waals surface area (Å²) in [6.45, 7) is 1.04. The quantitative estimate of drug-likeness (QED) is 0.591. The largest absolute Gasteiger partial charge is 0.491 e. The van der Waals surface area contributed by atoms with Gasteiger partial charge in [-0.25, -0.2) is 14.2 Å². The summed E-state index contributed by atoms with van der Waals surface area (Å²) in [6, 6.07) is 1.11. The van der Waals surface area contributed by atoms with E-state index in [2.05, 4.69) is 15.0 Å². The van der Waals surface area contributed by atoms with Crippen LogP contribution in [0, 0.1) is 5.82 Å². The first-order chi connectivity index (χ1) is 7.69. The highest BCUT2D eigenvalue weighted by Crippen LogP contribution is 2.14. The lowest BCUT2D eigenvalue weighted by molar-refractivity contribution is 0.0588. The number of pyridine rings is 1. The summed E-state index contributed by atoms with van der Waals surface area (Å²) in [4.78, 5) is 14.7. The molecular weight excluding hydrogens is 215 g/mol. The molecule has 0 saturated heterocycles. The van der Waals surface area contributed by atoms with Crippen LogP contribution in [0.3, 0.4) is 0 Å². The zero-order chi connectivity index (χ0) is 12.0. The number of aromatic nitrogens is 1. The fourth-order valence-corrected chi connectivity index (χ4v) is 1.02. The number of methoxy groups -OCH3 is 1. The molecular formula is C10H13FN2O3. The predicted octanol–water partition coefficient (Wildman–Crippen LogP) is 0.605. The van der Waals surface area contributed by atoms with Crippen molar-refractivity contribution in [3.8, 4) is 5.75 Å². The minimum atomic E-state index is -0.806. The molecule has 0 spiro atoms. The van der Waals surface area contributed by atoms with Crippen molar-refractivity contribution in [1.29, 1.82) is 0 Å². The van der Waals surface area contributed by atoms with Gasteiger partial charge in [0.05, 0.1) is 13.3 Å². The van der Waals surface area contributed by atoms with Crippen molar-refractivity contribution >= 4 is 5.97 Å². The van der Waals surface area contributed by atoms with Crippen LogP contribution in [0.1, 0.15) is 10.5 Å². The van der Waals surface area contributed by atoms with Crippen LogP contribution in [0.15, 0.2) is 12.3 Å². The van der Waals surface area contributed by atoms with Crippen LogP contribution in [0.2, 0.25) is 0 Å². The van der Waals surface area contributed by atoms with Crippen molar-refractivity contribution in [2.45, 2.75) is 0 Å². The number of hydrogen-bond donors (Lipinski definition) is 1. The van der Waals surface area contributed by atoms with Gasteiger partial charge in [0.1, 0.15) is 12.4 Å². The molecule has 0 fully saturated rings. The van der Waals surface area contributed by atoms with E-state index >= 15 is 0 Å². The summed E-state index contributed by atoms with van der Waals surface area (Å²) in [5.41, 5.74) is -0.344. The Morgan fingerprint density at radius 1 is 1.62 bits per heavy atom. The van der Waals surface area contributed by atoms with E-state index in [4.69, 9.17) is 4.74 Å². The molecule has 88 valence electrons. The second-order valence-corrected chi connectivity index (χ2v) is 2.95. The molecule has 16 heavy (non-hydrogen) atoms. The van der Waals surface area contributed by atoms with E-state index in [1.54, 1.807) is 7.05 Å². The van der Waals surface area contributed by atoms with E-state index in [-0.39, 0.29) is 11.4 Å². The molecule has 6 heteroatoms. The van der Waals surface area contributed by atoms with Gasteiger partial charge >= 0.3 is 5.97 Å². The van der Waals surface area contributed by atoms with E-state index in [1.807, 2.05) is 0 Å². The lowest BCUT2D eigenvalue weighted by Gasteiger charge is -2.06. The van der Waals surface area contributed by atoms with Crippen LogP contribution in [0.4, 0.5) is 4.39 Å². The van der Waals surface area contributed by atoms with Crippen LogP contribution in [-0.2, 0) is 4.74 Å². The fourth-order valence-electron chi connectivity index (χ4n) is 1.02. The number of nitrogens with one attached hydrogen (secondary N) is 1. The second-order valence-electron chi connectivity index (χ2n) is 2.95. The molecule has 0 amide bonds. The summed E-state index contributed by atoms with van der Waals surface area (Å²) < 4.78 is 22.9. The van der Waals surface area contributed by atoms with E-state index < -0.39 is 11.8 Å². The number of ether oxygens (including phenoxy) is 2. The normalized spacial score (nSPS) is 9.94. The predicted molar refractivity (Wildman–Crippen MR) is 55.0 cm³/mol. The summed E-state index contributed by atoms with van der Waals surface area (Å²) in [5, 5.41) is 2.88. The summed E-state index contributed by atoms with van der Waals surface area (Å²) >= 11 is 0. The van der Waals surface area contributed by atoms with Crippen molar-refractivity contribution < 1.29 is 18.7 Å². The van der Waals surface area contributed by atoms with Crippen LogP contribution in [0.25, 0.3) is 0 Å². The molecule has 0 saturated carbocycles. The smallest absolute Gasteiger partial charge is 0.359 e. The standard InChI is InChI=1S/C10H13FN2O3/c1-12-3-4-16-7-5-8(11)9(13-6-7)10(14)15-2/h5-6,12H,3-4H2,1-2H3. The minimum absolute atomic E-state index is 0.278. The molecule has 0 radical (unpaired) electrons. The maximum Gasteiger partial charge on any atom is 0.359 e. The first-order valence-corrected chi connectivity index (χ1v) is 4.70. The van der Waals surface area contributed by atoms with Gasteiger partial charge in [0, 0.05) is 12.6 Å². The van der Waals surface area contributed by atoms with Crippen molar-refractivity contribution in [2.24, 2.45) is 0 Å². The summed E-state index contributed by atoms with van der Waals surface area (Å²) in [5.74, 6) is -1.28. The molecule has 0 atom stereocenters. The molecule has 0 aliphatic heterocycles. The Balaban J connectivity index is 2.71. The van der Waals surface area contributed by atoms with Gasteiger partial charge in [0.25, 0.3) is 0 Å². The maximum atomic E-state index is 13.3. The molecule has 1 N–H and O–H groups in total. The van der Waals surface area contributed by atoms with E-state index in [0.717, 1.165) is 6.07 Å². The highest BCUT2D eigenvalue weighted by molar-refractivity contribution is 5.87. The Bertz CT molecular complexity index is 371. The van der Waals surface area contributed by atoms with Gasteiger partial charge in [-0.3, -0.25) is 0 Å². The molecule has 5 nitrogen and oxygen atoms in total. The van der Waals surface area contributed by atoms with Crippen LogP contribution in [-0.4, -0.2) is 38.3 Å². The summed E-state index contributed by atoms with van der Waals surface area (Å²) in [7, 11) is 2.95. The molecule has 1 rings (SSSR count). The minimum Gasteiger partial charge on any atom is -0.491 e. The van der Waals surface area contributed by atoms with Crippen LogP contribution in [0.5, 0.6) is 5.75 Å². The SMILES string of the molecule is CNCCOc1cnc(C(=O)OC)c(F)c1. The van der Waals surface area contributed by atoms with Gasteiger partial charge in [0.2, 0.25) is 0 Å². The van der Waals surface area contributed by atoms with E-state index in [9.17, 15) is 9.18 Å². The summed E-state index contributed by atoms with van der Waals surface area (Å²) in [6.07, 6.45) is 1.28. The van der Waals surface area contributed by atoms with Crippen LogP contribution < -0.4 is 10.1 Å². The molecule has 1 heterocycles. The van der Waals surface area contributed by atoms with Crippen molar-refractivity contribution in [1.82, 2.24) is 10.3 Å². The zero-order valence-electron chi connectivity index (χ0n) is 9.12. The zero-order valence-corrected chi connectivity index (χ0v) is 9.12. The number of carbonyl (C=O) groups is 1. The van der Waals surface area contributed by atoms with Gasteiger partial charge < -0.3 is 14.8 Å². The molecule has 0 aliphatic rings. The average molecular weight is 228 g/mol. The number of nitrogens with zero attached hydrogens (tertiary/aromatic N) is 1. The van der Waals surface area contributed by atoms with E-state index in [0.29, 0.717) is 13.2 Å². The Labute approximate surface area is 92.6 Å². The Morgan fingerprint density at radius 2 is 2.38 bits per heavy atom. The van der Waals surface area contributed by atoms with Gasteiger partial charge in [-0.2, -0.15) is 0 Å². The first-order valence-electron chi connectivity index (χ1n) is 4.70. The third kappa shape index (κ3) is 3.16. The van der Waals surface area contributed by atoms with Crippen LogP contribution >= 0.6 is 0 Å². The molecule has 1 aromatic heterocycles. The Kier molecular flexibility index (Phi) is 4.65. The fraction of sp³-hybridized carbons (Fsp3) is 0.400. The lowest BCUT2D eigenvalue weighted by atomic mass is 10.3. The van der Waals surface area contributed by atoms with Gasteiger partial charge in [-0.1, -0.05) is 0 Å². The lowest BCUT2D eigenvalue weighted by Crippen LogP contribution is -2.16. The Morgan fingerprint density at radius 3 is 2.94 bits per heavy atom.